The maximum absolute atomic E-state index is 13.4. The highest BCUT2D eigenvalue weighted by atomic mass is 79.9. The van der Waals surface area contributed by atoms with Crippen LogP contribution in [-0.2, 0) is 21.4 Å². The van der Waals surface area contributed by atoms with Crippen molar-refractivity contribution in [1.29, 1.82) is 0 Å². The number of hydrazone groups is 1. The van der Waals surface area contributed by atoms with Gasteiger partial charge >= 0.3 is 0 Å². The molecule has 0 saturated carbocycles. The minimum atomic E-state index is -4.01. The number of carbonyl (C=O) groups is 1. The highest BCUT2D eigenvalue weighted by molar-refractivity contribution is 9.10. The first-order valence-electron chi connectivity index (χ1n) is 11.9. The summed E-state index contributed by atoms with van der Waals surface area (Å²) < 4.78 is 39.8. The monoisotopic (exact) mass is 607 g/mol. The van der Waals surface area contributed by atoms with E-state index in [0.717, 1.165) is 9.87 Å². The van der Waals surface area contributed by atoms with E-state index >= 15 is 0 Å². The molecule has 4 rings (SSSR count). The summed E-state index contributed by atoms with van der Waals surface area (Å²) >= 11 is 3.36. The molecule has 0 aliphatic carbocycles. The smallest absolute Gasteiger partial charge is 0.264 e. The number of ether oxygens (including phenoxy) is 2. The fourth-order valence-corrected chi connectivity index (χ4v) is 5.45. The maximum atomic E-state index is 13.4. The number of sulfonamides is 1. The van der Waals surface area contributed by atoms with E-state index in [9.17, 15) is 13.2 Å². The summed E-state index contributed by atoms with van der Waals surface area (Å²) in [7, 11) is -2.47. The van der Waals surface area contributed by atoms with Gasteiger partial charge in [0.15, 0.2) is 11.5 Å². The number of benzene rings is 4. The third kappa shape index (κ3) is 7.46. The molecule has 39 heavy (non-hydrogen) atoms. The van der Waals surface area contributed by atoms with Crippen LogP contribution in [-0.4, -0.2) is 34.2 Å². The third-order valence-electron chi connectivity index (χ3n) is 5.54. The highest BCUT2D eigenvalue weighted by Gasteiger charge is 2.27. The predicted octanol–water partition coefficient (Wildman–Crippen LogP) is 5.38. The molecule has 0 aliphatic rings. The molecule has 4 aromatic rings. The number of carbonyl (C=O) groups excluding carboxylic acids is 1. The first-order valence-corrected chi connectivity index (χ1v) is 14.1. The van der Waals surface area contributed by atoms with Gasteiger partial charge in [0.25, 0.3) is 15.9 Å². The zero-order valence-corrected chi connectivity index (χ0v) is 23.4. The Labute approximate surface area is 236 Å². The molecule has 0 radical (unpaired) electrons. The number of hydrogen-bond acceptors (Lipinski definition) is 6. The highest BCUT2D eigenvalue weighted by Crippen LogP contribution is 2.29. The van der Waals surface area contributed by atoms with E-state index in [-0.39, 0.29) is 4.90 Å². The fraction of sp³-hybridized carbons (Fsp3) is 0.103. The standard InChI is InChI=1S/C29H26BrN3O5S/c1-37-28-17-23(15-16-27(28)38-21-22-9-4-2-5-10-22)19-31-32-29(34)20-33(25-12-8-11-24(30)18-25)39(35,36)26-13-6-3-7-14-26/h2-19H,20-21H2,1H3,(H,32,34)/b31-19+. The van der Waals surface area contributed by atoms with Crippen LogP contribution in [0.3, 0.4) is 0 Å². The first-order chi connectivity index (χ1) is 18.9. The van der Waals surface area contributed by atoms with Gasteiger partial charge in [0.05, 0.1) is 23.9 Å². The average Bonchev–Trinajstić information content (AvgIpc) is 2.96. The normalized spacial score (nSPS) is 11.2. The Kier molecular flexibility index (Phi) is 9.35. The van der Waals surface area contributed by atoms with E-state index in [2.05, 4.69) is 26.5 Å². The lowest BCUT2D eigenvalue weighted by atomic mass is 10.2. The zero-order chi connectivity index (χ0) is 27.7. The van der Waals surface area contributed by atoms with Crippen LogP contribution in [0.4, 0.5) is 5.69 Å². The van der Waals surface area contributed by atoms with Gasteiger partial charge < -0.3 is 9.47 Å². The van der Waals surface area contributed by atoms with Gasteiger partial charge in [-0.3, -0.25) is 9.10 Å². The number of nitrogens with one attached hydrogen (secondary N) is 1. The first kappa shape index (κ1) is 27.9. The summed E-state index contributed by atoms with van der Waals surface area (Å²) in [6.07, 6.45) is 1.44. The van der Waals surface area contributed by atoms with Crippen molar-refractivity contribution in [2.45, 2.75) is 11.5 Å². The summed E-state index contributed by atoms with van der Waals surface area (Å²) in [4.78, 5) is 12.9. The summed E-state index contributed by atoms with van der Waals surface area (Å²) in [6.45, 7) is -0.0817. The van der Waals surface area contributed by atoms with Gasteiger partial charge in [-0.25, -0.2) is 13.8 Å². The molecule has 0 spiro atoms. The molecule has 10 heteroatoms. The molecule has 0 aromatic heterocycles. The van der Waals surface area contributed by atoms with E-state index in [1.54, 1.807) is 60.7 Å². The summed E-state index contributed by atoms with van der Waals surface area (Å²) in [5.41, 5.74) is 4.42. The number of methoxy groups -OCH3 is 1. The molecule has 1 N–H and O–H groups in total. The molecule has 0 fully saturated rings. The molecule has 0 unspecified atom stereocenters. The molecular weight excluding hydrogens is 582 g/mol. The lowest BCUT2D eigenvalue weighted by molar-refractivity contribution is -0.119. The minimum Gasteiger partial charge on any atom is -0.493 e. The van der Waals surface area contributed by atoms with Crippen molar-refractivity contribution in [3.05, 3.63) is 119 Å². The Morgan fingerprint density at radius 3 is 2.33 bits per heavy atom. The SMILES string of the molecule is COc1cc(/C=N/NC(=O)CN(c2cccc(Br)c2)S(=O)(=O)c2ccccc2)ccc1OCc1ccccc1. The molecule has 0 saturated heterocycles. The van der Waals surface area contributed by atoms with Crippen LogP contribution in [0.5, 0.6) is 11.5 Å². The van der Waals surface area contributed by atoms with E-state index in [0.29, 0.717) is 33.8 Å². The predicted molar refractivity (Wildman–Crippen MR) is 155 cm³/mol. The second-order valence-electron chi connectivity index (χ2n) is 8.28. The third-order valence-corrected chi connectivity index (χ3v) is 7.82. The molecule has 200 valence electrons. The van der Waals surface area contributed by atoms with Gasteiger partial charge in [-0.1, -0.05) is 70.5 Å². The van der Waals surface area contributed by atoms with Gasteiger partial charge in [-0.05, 0) is 59.7 Å². The lowest BCUT2D eigenvalue weighted by Gasteiger charge is -2.23. The van der Waals surface area contributed by atoms with Gasteiger partial charge in [0, 0.05) is 4.47 Å². The number of hydrogen-bond donors (Lipinski definition) is 1. The van der Waals surface area contributed by atoms with Crippen molar-refractivity contribution in [2.24, 2.45) is 5.10 Å². The van der Waals surface area contributed by atoms with Crippen LogP contribution in [0.15, 0.2) is 118 Å². The number of rotatable bonds is 11. The van der Waals surface area contributed by atoms with E-state index in [1.165, 1.54) is 25.5 Å². The number of anilines is 1. The van der Waals surface area contributed by atoms with Crippen LogP contribution in [0, 0.1) is 0 Å². The van der Waals surface area contributed by atoms with Gasteiger partial charge in [-0.2, -0.15) is 5.10 Å². The van der Waals surface area contributed by atoms with Crippen LogP contribution in [0.2, 0.25) is 0 Å². The van der Waals surface area contributed by atoms with E-state index < -0.39 is 22.5 Å². The molecule has 8 nitrogen and oxygen atoms in total. The van der Waals surface area contributed by atoms with Gasteiger partial charge in [-0.15, -0.1) is 0 Å². The quantitative estimate of drug-likeness (QED) is 0.182. The van der Waals surface area contributed by atoms with Gasteiger partial charge in [0.2, 0.25) is 0 Å². The minimum absolute atomic E-state index is 0.0722. The van der Waals surface area contributed by atoms with Crippen molar-refractivity contribution in [3.8, 4) is 11.5 Å². The average molecular weight is 609 g/mol. The Morgan fingerprint density at radius 2 is 1.64 bits per heavy atom. The maximum Gasteiger partial charge on any atom is 0.264 e. The van der Waals surface area contributed by atoms with E-state index in [4.69, 9.17) is 9.47 Å². The second kappa shape index (κ2) is 13.1. The fourth-order valence-electron chi connectivity index (χ4n) is 3.63. The van der Waals surface area contributed by atoms with Crippen LogP contribution in [0.25, 0.3) is 0 Å². The molecule has 0 bridgehead atoms. The summed E-state index contributed by atoms with van der Waals surface area (Å²) in [5.74, 6) is 0.467. The molecule has 4 aromatic carbocycles. The van der Waals surface area contributed by atoms with Crippen LogP contribution in [0.1, 0.15) is 11.1 Å². The topological polar surface area (TPSA) is 97.3 Å². The Morgan fingerprint density at radius 1 is 0.923 bits per heavy atom. The zero-order valence-electron chi connectivity index (χ0n) is 21.0. The van der Waals surface area contributed by atoms with Crippen LogP contribution >= 0.6 is 15.9 Å². The molecule has 0 heterocycles. The Balaban J connectivity index is 1.45. The van der Waals surface area contributed by atoms with E-state index in [1.807, 2.05) is 30.3 Å². The van der Waals surface area contributed by atoms with Crippen molar-refractivity contribution >= 4 is 43.8 Å². The number of halogens is 1. The van der Waals surface area contributed by atoms with Crippen molar-refractivity contribution in [2.75, 3.05) is 18.0 Å². The van der Waals surface area contributed by atoms with Crippen molar-refractivity contribution in [1.82, 2.24) is 5.43 Å². The number of nitrogens with zero attached hydrogens (tertiary/aromatic N) is 2. The Bertz CT molecular complexity index is 1550. The van der Waals surface area contributed by atoms with Gasteiger partial charge in [0.1, 0.15) is 13.2 Å². The second-order valence-corrected chi connectivity index (χ2v) is 11.1. The largest absolute Gasteiger partial charge is 0.493 e. The summed E-state index contributed by atoms with van der Waals surface area (Å²) in [5, 5.41) is 4.01. The summed E-state index contributed by atoms with van der Waals surface area (Å²) in [6, 6.07) is 29.7. The number of amides is 1. The molecule has 0 atom stereocenters. The Hall–Kier alpha value is -4.15. The van der Waals surface area contributed by atoms with Crippen molar-refractivity contribution < 1.29 is 22.7 Å². The lowest BCUT2D eigenvalue weighted by Crippen LogP contribution is -2.39. The molecule has 1 amide bonds. The molecular formula is C29H26BrN3O5S. The molecule has 0 aliphatic heterocycles. The van der Waals surface area contributed by atoms with Crippen LogP contribution < -0.4 is 19.2 Å². The van der Waals surface area contributed by atoms with Crippen molar-refractivity contribution in [3.63, 3.8) is 0 Å².